The smallest absolute Gasteiger partial charge is 0.232 e. The van der Waals surface area contributed by atoms with Crippen molar-refractivity contribution in [3.63, 3.8) is 0 Å². The van der Waals surface area contributed by atoms with Crippen LogP contribution >= 0.6 is 0 Å². The number of carbonyl (C=O) groups is 1. The van der Waals surface area contributed by atoms with Crippen LogP contribution in [0.5, 0.6) is 0 Å². The van der Waals surface area contributed by atoms with Gasteiger partial charge in [-0.3, -0.25) is 9.36 Å². The zero-order chi connectivity index (χ0) is 12.0. The van der Waals surface area contributed by atoms with Gasteiger partial charge in [0, 0.05) is 18.8 Å². The molecule has 0 radical (unpaired) electrons. The Morgan fingerprint density at radius 1 is 1.44 bits per heavy atom. The maximum atomic E-state index is 11.9. The molecule has 0 aliphatic heterocycles. The van der Waals surface area contributed by atoms with Crippen molar-refractivity contribution in [2.75, 3.05) is 0 Å². The topological polar surface area (TPSA) is 45.8 Å². The highest BCUT2D eigenvalue weighted by Gasteiger charge is 2.27. The molecule has 86 valence electrons. The van der Waals surface area contributed by atoms with Crippen LogP contribution in [-0.4, -0.2) is 10.5 Å². The lowest BCUT2D eigenvalue weighted by Gasteiger charge is -2.20. The van der Waals surface area contributed by atoms with Crippen LogP contribution in [-0.2, 0) is 0 Å². The molecule has 0 saturated carbocycles. The van der Waals surface area contributed by atoms with Gasteiger partial charge in [-0.15, -0.1) is 0 Å². The molecule has 0 aliphatic carbocycles. The minimum atomic E-state index is -0.530. The molecule has 0 aliphatic rings. The van der Waals surface area contributed by atoms with Crippen LogP contribution in [0.15, 0.2) is 24.5 Å². The molecule has 0 spiro atoms. The Bertz CT molecular complexity index is 375. The van der Waals surface area contributed by atoms with Crippen LogP contribution in [0.2, 0.25) is 0 Å². The summed E-state index contributed by atoms with van der Waals surface area (Å²) < 4.78 is 1.54. The molecule has 3 nitrogen and oxygen atoms in total. The van der Waals surface area contributed by atoms with E-state index < -0.39 is 5.41 Å². The quantitative estimate of drug-likeness (QED) is 0.761. The van der Waals surface area contributed by atoms with Crippen molar-refractivity contribution in [1.29, 1.82) is 5.26 Å². The minimum Gasteiger partial charge on any atom is -0.295 e. The molecule has 1 aromatic rings. The van der Waals surface area contributed by atoms with Gasteiger partial charge in [-0.05, 0) is 25.5 Å². The Morgan fingerprint density at radius 3 is 2.56 bits per heavy atom. The second kappa shape index (κ2) is 5.50. The highest BCUT2D eigenvalue weighted by Crippen LogP contribution is 2.28. The van der Waals surface area contributed by atoms with Crippen LogP contribution in [0, 0.1) is 16.7 Å². The molecule has 3 heteroatoms. The molecule has 1 rings (SSSR count). The lowest BCUT2D eigenvalue weighted by Crippen LogP contribution is -2.22. The zero-order valence-electron chi connectivity index (χ0n) is 9.94. The Labute approximate surface area is 96.7 Å². The standard InChI is InChI=1S/C13H18N2O/c1-3-4-7-13(2,11-14)10-12(16)15-8-5-6-9-15/h5-6,8-9H,3-4,7,10H2,1-2H3. The van der Waals surface area contributed by atoms with Gasteiger partial charge in [0.05, 0.1) is 11.5 Å². The molecule has 0 bridgehead atoms. The lowest BCUT2D eigenvalue weighted by atomic mass is 9.83. The van der Waals surface area contributed by atoms with E-state index in [1.807, 2.05) is 19.1 Å². The number of nitriles is 1. The minimum absolute atomic E-state index is 0.00912. The van der Waals surface area contributed by atoms with Gasteiger partial charge in [-0.1, -0.05) is 19.8 Å². The molecule has 0 aromatic carbocycles. The van der Waals surface area contributed by atoms with Crippen molar-refractivity contribution < 1.29 is 4.79 Å². The van der Waals surface area contributed by atoms with Gasteiger partial charge in [-0.2, -0.15) is 5.26 Å². The number of hydrogen-bond donors (Lipinski definition) is 0. The van der Waals surface area contributed by atoms with E-state index in [-0.39, 0.29) is 12.3 Å². The van der Waals surface area contributed by atoms with Gasteiger partial charge >= 0.3 is 0 Å². The number of hydrogen-bond acceptors (Lipinski definition) is 2. The zero-order valence-corrected chi connectivity index (χ0v) is 9.94. The third-order valence-electron chi connectivity index (χ3n) is 2.79. The second-order valence-corrected chi connectivity index (χ2v) is 4.44. The number of unbranched alkanes of at least 4 members (excludes halogenated alkanes) is 1. The average Bonchev–Trinajstić information content (AvgIpc) is 2.80. The first kappa shape index (κ1) is 12.5. The molecular formula is C13H18N2O. The average molecular weight is 218 g/mol. The van der Waals surface area contributed by atoms with Crippen LogP contribution in [0.3, 0.4) is 0 Å². The molecule has 0 N–H and O–H groups in total. The van der Waals surface area contributed by atoms with Crippen molar-refractivity contribution in [3.8, 4) is 6.07 Å². The summed E-state index contributed by atoms with van der Waals surface area (Å²) in [5, 5.41) is 9.15. The summed E-state index contributed by atoms with van der Waals surface area (Å²) in [5.41, 5.74) is -0.530. The van der Waals surface area contributed by atoms with E-state index in [0.717, 1.165) is 19.3 Å². The highest BCUT2D eigenvalue weighted by molar-refractivity contribution is 5.79. The van der Waals surface area contributed by atoms with Crippen molar-refractivity contribution >= 4 is 5.91 Å². The Balaban J connectivity index is 2.63. The van der Waals surface area contributed by atoms with E-state index in [1.54, 1.807) is 17.0 Å². The van der Waals surface area contributed by atoms with E-state index in [0.29, 0.717) is 0 Å². The predicted molar refractivity (Wildman–Crippen MR) is 62.9 cm³/mol. The van der Waals surface area contributed by atoms with Gasteiger partial charge in [0.25, 0.3) is 0 Å². The largest absolute Gasteiger partial charge is 0.295 e. The molecule has 0 amide bonds. The SMILES string of the molecule is CCCCC(C)(C#N)CC(=O)n1cccc1. The number of nitrogens with zero attached hydrogens (tertiary/aromatic N) is 2. The molecule has 1 heterocycles. The lowest BCUT2D eigenvalue weighted by molar-refractivity contribution is 0.0859. The van der Waals surface area contributed by atoms with Crippen molar-refractivity contribution in [3.05, 3.63) is 24.5 Å². The summed E-state index contributed by atoms with van der Waals surface area (Å²) in [5.74, 6) is -0.00912. The summed E-state index contributed by atoms with van der Waals surface area (Å²) >= 11 is 0. The number of rotatable bonds is 5. The Morgan fingerprint density at radius 2 is 2.06 bits per heavy atom. The number of carbonyl (C=O) groups excluding carboxylic acids is 1. The van der Waals surface area contributed by atoms with Gasteiger partial charge < -0.3 is 0 Å². The van der Waals surface area contributed by atoms with Crippen LogP contribution in [0.4, 0.5) is 0 Å². The van der Waals surface area contributed by atoms with E-state index in [1.165, 1.54) is 0 Å². The summed E-state index contributed by atoms with van der Waals surface area (Å²) in [4.78, 5) is 11.9. The maximum Gasteiger partial charge on any atom is 0.232 e. The second-order valence-electron chi connectivity index (χ2n) is 4.44. The fraction of sp³-hybridized carbons (Fsp3) is 0.538. The Kier molecular flexibility index (Phi) is 4.30. The van der Waals surface area contributed by atoms with E-state index in [4.69, 9.17) is 5.26 Å². The van der Waals surface area contributed by atoms with Crippen molar-refractivity contribution in [2.45, 2.75) is 39.5 Å². The fourth-order valence-electron chi connectivity index (χ4n) is 1.68. The fourth-order valence-corrected chi connectivity index (χ4v) is 1.68. The molecular weight excluding hydrogens is 200 g/mol. The molecule has 0 fully saturated rings. The summed E-state index contributed by atoms with van der Waals surface area (Å²) in [6.07, 6.45) is 6.56. The predicted octanol–water partition coefficient (Wildman–Crippen LogP) is 3.24. The third-order valence-corrected chi connectivity index (χ3v) is 2.79. The molecule has 16 heavy (non-hydrogen) atoms. The van der Waals surface area contributed by atoms with Gasteiger partial charge in [0.15, 0.2) is 0 Å². The van der Waals surface area contributed by atoms with Crippen LogP contribution < -0.4 is 0 Å². The van der Waals surface area contributed by atoms with Crippen molar-refractivity contribution in [2.24, 2.45) is 5.41 Å². The van der Waals surface area contributed by atoms with E-state index in [2.05, 4.69) is 13.0 Å². The summed E-state index contributed by atoms with van der Waals surface area (Å²) in [6.45, 7) is 3.95. The monoisotopic (exact) mass is 218 g/mol. The number of aromatic nitrogens is 1. The summed E-state index contributed by atoms with van der Waals surface area (Å²) in [6, 6.07) is 5.90. The maximum absolute atomic E-state index is 11.9. The van der Waals surface area contributed by atoms with Crippen LogP contribution in [0.1, 0.15) is 44.3 Å². The van der Waals surface area contributed by atoms with Gasteiger partial charge in [0.1, 0.15) is 0 Å². The molecule has 1 unspecified atom stereocenters. The van der Waals surface area contributed by atoms with Gasteiger partial charge in [0.2, 0.25) is 5.91 Å². The van der Waals surface area contributed by atoms with Crippen molar-refractivity contribution in [1.82, 2.24) is 4.57 Å². The normalized spacial score (nSPS) is 14.1. The van der Waals surface area contributed by atoms with E-state index in [9.17, 15) is 4.79 Å². The summed E-state index contributed by atoms with van der Waals surface area (Å²) in [7, 11) is 0. The molecule has 0 saturated heterocycles. The Hall–Kier alpha value is -1.56. The van der Waals surface area contributed by atoms with Gasteiger partial charge in [-0.25, -0.2) is 0 Å². The third kappa shape index (κ3) is 3.23. The van der Waals surface area contributed by atoms with E-state index >= 15 is 0 Å². The highest BCUT2D eigenvalue weighted by atomic mass is 16.2. The first-order valence-corrected chi connectivity index (χ1v) is 5.69. The molecule has 1 aromatic heterocycles. The molecule has 1 atom stereocenters. The first-order chi connectivity index (χ1) is 7.61. The first-order valence-electron chi connectivity index (χ1n) is 5.69. The van der Waals surface area contributed by atoms with Crippen LogP contribution in [0.25, 0.3) is 0 Å².